The molecule has 1 N–H and O–H groups in total. The Kier molecular flexibility index (Phi) is 7.06. The minimum Gasteiger partial charge on any atom is -0.465 e. The average Bonchev–Trinajstić information content (AvgIpc) is 3.27. The van der Waals surface area contributed by atoms with E-state index in [1.54, 1.807) is 18.3 Å². The molecular formula is C20H27N5O5S. The van der Waals surface area contributed by atoms with Crippen molar-refractivity contribution in [3.8, 4) is 0 Å². The predicted molar refractivity (Wildman–Crippen MR) is 112 cm³/mol. The highest BCUT2D eigenvalue weighted by Gasteiger charge is 2.34. The van der Waals surface area contributed by atoms with Gasteiger partial charge in [-0.25, -0.2) is 17.9 Å². The minimum absolute atomic E-state index is 0.00279. The van der Waals surface area contributed by atoms with Crippen LogP contribution in [-0.2, 0) is 14.8 Å². The van der Waals surface area contributed by atoms with Crippen molar-refractivity contribution in [1.29, 1.82) is 0 Å². The Labute approximate surface area is 181 Å². The molecule has 1 aromatic heterocycles. The summed E-state index contributed by atoms with van der Waals surface area (Å²) in [4.78, 5) is 24.2. The predicted octanol–water partition coefficient (Wildman–Crippen LogP) is 1.48. The van der Waals surface area contributed by atoms with Crippen molar-refractivity contribution >= 4 is 21.9 Å². The molecule has 168 valence electrons. The van der Waals surface area contributed by atoms with Gasteiger partial charge in [0.15, 0.2) is 5.69 Å². The molecule has 31 heavy (non-hydrogen) atoms. The first-order chi connectivity index (χ1) is 14.7. The third-order valence-electron chi connectivity index (χ3n) is 5.06. The molecule has 10 nitrogen and oxygen atoms in total. The van der Waals surface area contributed by atoms with Gasteiger partial charge in [0.2, 0.25) is 10.0 Å². The van der Waals surface area contributed by atoms with E-state index >= 15 is 0 Å². The van der Waals surface area contributed by atoms with E-state index in [0.717, 1.165) is 0 Å². The smallest absolute Gasteiger partial charge is 0.339 e. The molecule has 2 heterocycles. The van der Waals surface area contributed by atoms with Gasteiger partial charge in [0.25, 0.3) is 5.91 Å². The van der Waals surface area contributed by atoms with Crippen LogP contribution in [0, 0.1) is 5.92 Å². The van der Waals surface area contributed by atoms with Crippen molar-refractivity contribution in [3.05, 3.63) is 41.7 Å². The van der Waals surface area contributed by atoms with E-state index < -0.39 is 16.0 Å². The Bertz CT molecular complexity index is 1050. The fourth-order valence-corrected chi connectivity index (χ4v) is 5.11. The zero-order chi connectivity index (χ0) is 22.6. The van der Waals surface area contributed by atoms with Crippen molar-refractivity contribution in [2.45, 2.75) is 37.6 Å². The number of hydrogen-bond donors (Lipinski definition) is 1. The Morgan fingerprint density at radius 1 is 1.29 bits per heavy atom. The Hall–Kier alpha value is -2.79. The minimum atomic E-state index is -3.92. The van der Waals surface area contributed by atoms with Crippen molar-refractivity contribution in [3.63, 3.8) is 0 Å². The largest absolute Gasteiger partial charge is 0.465 e. The molecule has 1 aliphatic heterocycles. The van der Waals surface area contributed by atoms with Gasteiger partial charge in [-0.1, -0.05) is 31.2 Å². The van der Waals surface area contributed by atoms with Crippen molar-refractivity contribution in [2.24, 2.45) is 5.92 Å². The summed E-state index contributed by atoms with van der Waals surface area (Å²) in [6.07, 6.45) is 2.85. The Balaban J connectivity index is 1.78. The summed E-state index contributed by atoms with van der Waals surface area (Å²) in [5.74, 6) is -0.711. The first kappa shape index (κ1) is 22.9. The van der Waals surface area contributed by atoms with E-state index in [2.05, 4.69) is 15.6 Å². The molecule has 0 aliphatic carbocycles. The van der Waals surface area contributed by atoms with Crippen LogP contribution in [0.5, 0.6) is 0 Å². The molecule has 0 radical (unpaired) electrons. The molecule has 0 bridgehead atoms. The second kappa shape index (κ2) is 9.56. The molecule has 1 saturated heterocycles. The highest BCUT2D eigenvalue weighted by atomic mass is 32.2. The van der Waals surface area contributed by atoms with Crippen LogP contribution in [0.1, 0.15) is 53.6 Å². The van der Waals surface area contributed by atoms with E-state index in [0.29, 0.717) is 31.8 Å². The van der Waals surface area contributed by atoms with Gasteiger partial charge < -0.3 is 10.1 Å². The third kappa shape index (κ3) is 5.10. The zero-order valence-electron chi connectivity index (χ0n) is 17.8. The number of methoxy groups -OCH3 is 1. The molecular weight excluding hydrogens is 422 g/mol. The lowest BCUT2D eigenvalue weighted by Gasteiger charge is -2.32. The number of piperidine rings is 1. The number of carbonyl (C=O) groups is 2. The molecule has 1 aromatic carbocycles. The molecule has 2 aromatic rings. The number of carbonyl (C=O) groups excluding carboxylic acids is 2. The third-order valence-corrected chi connectivity index (χ3v) is 6.98. The molecule has 1 aliphatic rings. The lowest BCUT2D eigenvalue weighted by atomic mass is 10.1. The second-order valence-electron chi connectivity index (χ2n) is 7.83. The van der Waals surface area contributed by atoms with Gasteiger partial charge in [0.1, 0.15) is 0 Å². The Morgan fingerprint density at radius 3 is 2.74 bits per heavy atom. The maximum atomic E-state index is 13.3. The van der Waals surface area contributed by atoms with Gasteiger partial charge in [-0.3, -0.25) is 4.79 Å². The quantitative estimate of drug-likeness (QED) is 0.635. The lowest BCUT2D eigenvalue weighted by molar-refractivity contribution is 0.0596. The van der Waals surface area contributed by atoms with Gasteiger partial charge in [-0.15, -0.1) is 5.10 Å². The maximum Gasteiger partial charge on any atom is 0.339 e. The number of hydrogen-bond acceptors (Lipinski definition) is 7. The van der Waals surface area contributed by atoms with Crippen LogP contribution in [-0.4, -0.2) is 66.3 Å². The van der Waals surface area contributed by atoms with Gasteiger partial charge >= 0.3 is 5.97 Å². The fraction of sp³-hybridized carbons (Fsp3) is 0.500. The van der Waals surface area contributed by atoms with Crippen molar-refractivity contribution < 1.29 is 22.7 Å². The van der Waals surface area contributed by atoms with E-state index in [4.69, 9.17) is 4.74 Å². The summed E-state index contributed by atoms with van der Waals surface area (Å²) < 4.78 is 34.2. The standard InChI is InChI=1S/C20H27N5O5S/c1-14(2)11-21-19(26)17-13-25(23-22-17)15-7-6-10-24(12-15)31(28,29)18-9-5-4-8-16(18)20(27)30-3/h4-5,8-9,13-15H,6-7,10-12H2,1-3H3,(H,21,26). The highest BCUT2D eigenvalue weighted by molar-refractivity contribution is 7.89. The number of ether oxygens (including phenoxy) is 1. The SMILES string of the molecule is COC(=O)c1ccccc1S(=O)(=O)N1CCCC(n2cc(C(=O)NCC(C)C)nn2)C1. The van der Waals surface area contributed by atoms with Crippen LogP contribution in [0.4, 0.5) is 0 Å². The zero-order valence-corrected chi connectivity index (χ0v) is 18.6. The van der Waals surface area contributed by atoms with E-state index in [-0.39, 0.29) is 34.6 Å². The van der Waals surface area contributed by atoms with Crippen LogP contribution in [0.25, 0.3) is 0 Å². The topological polar surface area (TPSA) is 123 Å². The van der Waals surface area contributed by atoms with Crippen molar-refractivity contribution in [2.75, 3.05) is 26.7 Å². The number of benzene rings is 1. The van der Waals surface area contributed by atoms with E-state index in [1.165, 1.54) is 28.2 Å². The summed E-state index contributed by atoms with van der Waals surface area (Å²) in [7, 11) is -2.71. The number of nitrogens with one attached hydrogen (secondary N) is 1. The average molecular weight is 450 g/mol. The van der Waals surface area contributed by atoms with Crippen LogP contribution >= 0.6 is 0 Å². The summed E-state index contributed by atoms with van der Waals surface area (Å²) in [6.45, 7) is 5.00. The fourth-order valence-electron chi connectivity index (χ4n) is 3.41. The van der Waals surface area contributed by atoms with Gasteiger partial charge in [0, 0.05) is 19.6 Å². The number of rotatable bonds is 7. The van der Waals surface area contributed by atoms with E-state index in [9.17, 15) is 18.0 Å². The first-order valence-corrected chi connectivity index (χ1v) is 11.6. The molecule has 3 rings (SSSR count). The molecule has 0 spiro atoms. The Morgan fingerprint density at radius 2 is 2.03 bits per heavy atom. The molecule has 1 amide bonds. The maximum absolute atomic E-state index is 13.3. The summed E-state index contributed by atoms with van der Waals surface area (Å²) in [6, 6.07) is 5.72. The van der Waals surface area contributed by atoms with Gasteiger partial charge in [-0.2, -0.15) is 4.31 Å². The molecule has 1 fully saturated rings. The van der Waals surface area contributed by atoms with Crippen LogP contribution in [0.2, 0.25) is 0 Å². The van der Waals surface area contributed by atoms with Gasteiger partial charge in [0.05, 0.1) is 29.8 Å². The van der Waals surface area contributed by atoms with Gasteiger partial charge in [-0.05, 0) is 30.9 Å². The molecule has 1 unspecified atom stereocenters. The van der Waals surface area contributed by atoms with Crippen molar-refractivity contribution in [1.82, 2.24) is 24.6 Å². The number of esters is 1. The van der Waals surface area contributed by atoms with E-state index in [1.807, 2.05) is 13.8 Å². The van der Waals surface area contributed by atoms with Crippen LogP contribution < -0.4 is 5.32 Å². The number of aromatic nitrogens is 3. The number of nitrogens with zero attached hydrogens (tertiary/aromatic N) is 4. The second-order valence-corrected chi connectivity index (χ2v) is 9.74. The number of sulfonamides is 1. The molecule has 11 heteroatoms. The molecule has 0 saturated carbocycles. The summed E-state index contributed by atoms with van der Waals surface area (Å²) >= 11 is 0. The number of amides is 1. The lowest BCUT2D eigenvalue weighted by Crippen LogP contribution is -2.41. The monoisotopic (exact) mass is 449 g/mol. The summed E-state index contributed by atoms with van der Waals surface area (Å²) in [5, 5.41) is 10.8. The normalized spacial score (nSPS) is 17.5. The summed E-state index contributed by atoms with van der Waals surface area (Å²) in [5.41, 5.74) is 0.189. The highest BCUT2D eigenvalue weighted by Crippen LogP contribution is 2.28. The van der Waals surface area contributed by atoms with Crippen LogP contribution in [0.3, 0.4) is 0 Å². The molecule has 1 atom stereocenters. The van der Waals surface area contributed by atoms with Crippen LogP contribution in [0.15, 0.2) is 35.4 Å². The first-order valence-electron chi connectivity index (χ1n) is 10.1.